The van der Waals surface area contributed by atoms with E-state index in [2.05, 4.69) is 29.4 Å². The summed E-state index contributed by atoms with van der Waals surface area (Å²) >= 11 is 3.02. The molecule has 8 heteroatoms. The molecule has 2 aliphatic heterocycles. The highest BCUT2D eigenvalue weighted by Gasteiger charge is 2.33. The van der Waals surface area contributed by atoms with Gasteiger partial charge in [-0.15, -0.1) is 22.7 Å². The van der Waals surface area contributed by atoms with Gasteiger partial charge in [0.25, 0.3) is 5.91 Å². The first-order chi connectivity index (χ1) is 15.0. The monoisotopic (exact) mass is 453 g/mol. The molecule has 2 aromatic heterocycles. The topological polar surface area (TPSA) is 70.7 Å². The van der Waals surface area contributed by atoms with Crippen LogP contribution in [0.2, 0.25) is 0 Å². The van der Waals surface area contributed by atoms with Crippen molar-refractivity contribution in [2.45, 2.75) is 39.0 Å². The number of carbonyl (C=O) groups excluding carboxylic acids is 2. The van der Waals surface area contributed by atoms with Crippen molar-refractivity contribution in [2.24, 2.45) is 0 Å². The van der Waals surface area contributed by atoms with Gasteiger partial charge in [0, 0.05) is 24.0 Å². The minimum atomic E-state index is -0.379. The maximum Gasteiger partial charge on any atom is 0.353 e. The SMILES string of the molecule is CC(C)N1CCc2c(sc3c2C(=O)NC(c2cccc(OC(=O)c4cccs4)c2)N3)C1. The molecule has 0 saturated carbocycles. The van der Waals surface area contributed by atoms with Crippen LogP contribution < -0.4 is 15.4 Å². The molecule has 2 aliphatic rings. The van der Waals surface area contributed by atoms with Crippen LogP contribution in [0.25, 0.3) is 0 Å². The summed E-state index contributed by atoms with van der Waals surface area (Å²) in [5.41, 5.74) is 2.81. The molecule has 0 bridgehead atoms. The number of amides is 1. The summed E-state index contributed by atoms with van der Waals surface area (Å²) in [6.45, 7) is 6.27. The van der Waals surface area contributed by atoms with E-state index in [-0.39, 0.29) is 18.0 Å². The normalized spacial score (nSPS) is 18.2. The van der Waals surface area contributed by atoms with Gasteiger partial charge in [-0.25, -0.2) is 4.79 Å². The minimum Gasteiger partial charge on any atom is -0.422 e. The van der Waals surface area contributed by atoms with Crippen LogP contribution in [0.5, 0.6) is 5.75 Å². The average molecular weight is 454 g/mol. The second-order valence-corrected chi connectivity index (χ2v) is 10.1. The first-order valence-electron chi connectivity index (χ1n) is 10.3. The number of benzene rings is 1. The first-order valence-corrected chi connectivity index (χ1v) is 12.0. The van der Waals surface area contributed by atoms with Gasteiger partial charge in [0.2, 0.25) is 0 Å². The van der Waals surface area contributed by atoms with Gasteiger partial charge in [-0.05, 0) is 55.0 Å². The molecule has 0 saturated heterocycles. The van der Waals surface area contributed by atoms with Gasteiger partial charge in [0.05, 0.1) is 5.56 Å². The number of rotatable bonds is 4. The van der Waals surface area contributed by atoms with E-state index in [0.29, 0.717) is 16.7 Å². The highest BCUT2D eigenvalue weighted by Crippen LogP contribution is 2.41. The Labute approximate surface area is 188 Å². The molecule has 2 N–H and O–H groups in total. The predicted molar refractivity (Wildman–Crippen MR) is 123 cm³/mol. The quantitative estimate of drug-likeness (QED) is 0.445. The summed E-state index contributed by atoms with van der Waals surface area (Å²) in [6, 6.07) is 11.3. The standard InChI is InChI=1S/C23H23N3O3S2/c1-13(2)26-9-8-16-18(12-26)31-22-19(16)21(27)24-20(25-22)14-5-3-6-15(11-14)29-23(28)17-7-4-10-30-17/h3-7,10-11,13,20,25H,8-9,12H2,1-2H3,(H,24,27). The summed E-state index contributed by atoms with van der Waals surface area (Å²) in [4.78, 5) is 29.5. The fraction of sp³-hybridized carbons (Fsp3) is 0.304. The van der Waals surface area contributed by atoms with Gasteiger partial charge >= 0.3 is 5.97 Å². The van der Waals surface area contributed by atoms with E-state index >= 15 is 0 Å². The lowest BCUT2D eigenvalue weighted by atomic mass is 9.99. The van der Waals surface area contributed by atoms with Gasteiger partial charge in [-0.3, -0.25) is 9.69 Å². The van der Waals surface area contributed by atoms with E-state index in [1.807, 2.05) is 23.6 Å². The van der Waals surface area contributed by atoms with Gasteiger partial charge in [-0.2, -0.15) is 0 Å². The lowest BCUT2D eigenvalue weighted by Gasteiger charge is -2.31. The van der Waals surface area contributed by atoms with Crippen molar-refractivity contribution in [1.82, 2.24) is 10.2 Å². The molecule has 0 spiro atoms. The van der Waals surface area contributed by atoms with Crippen LogP contribution in [0, 0.1) is 0 Å². The zero-order valence-electron chi connectivity index (χ0n) is 17.3. The summed E-state index contributed by atoms with van der Waals surface area (Å²) < 4.78 is 5.52. The summed E-state index contributed by atoms with van der Waals surface area (Å²) in [5.74, 6) is 0.0294. The van der Waals surface area contributed by atoms with Gasteiger partial charge in [0.15, 0.2) is 0 Å². The number of esters is 1. The zero-order valence-corrected chi connectivity index (χ0v) is 18.9. The molecule has 0 aliphatic carbocycles. The first kappa shape index (κ1) is 20.2. The molecule has 3 aromatic rings. The minimum absolute atomic E-state index is 0.0461. The fourth-order valence-electron chi connectivity index (χ4n) is 4.05. The largest absolute Gasteiger partial charge is 0.422 e. The number of fused-ring (bicyclic) bond motifs is 3. The third kappa shape index (κ3) is 3.86. The molecule has 1 unspecified atom stereocenters. The molecule has 1 aromatic carbocycles. The van der Waals surface area contributed by atoms with Crippen molar-refractivity contribution >= 4 is 39.6 Å². The van der Waals surface area contributed by atoms with Crippen LogP contribution in [-0.2, 0) is 13.0 Å². The number of nitrogens with zero attached hydrogens (tertiary/aromatic N) is 1. The summed E-state index contributed by atoms with van der Waals surface area (Å²) in [6.07, 6.45) is 0.523. The van der Waals surface area contributed by atoms with Crippen LogP contribution in [0.3, 0.4) is 0 Å². The molecule has 0 radical (unpaired) electrons. The van der Waals surface area contributed by atoms with Crippen molar-refractivity contribution in [3.8, 4) is 5.75 Å². The Balaban J connectivity index is 1.37. The third-order valence-electron chi connectivity index (χ3n) is 5.72. The number of carbonyl (C=O) groups is 2. The second-order valence-electron chi connectivity index (χ2n) is 8.01. The number of ether oxygens (including phenoxy) is 1. The Morgan fingerprint density at radius 3 is 2.87 bits per heavy atom. The number of thiophene rings is 2. The second kappa shape index (κ2) is 8.11. The van der Waals surface area contributed by atoms with Crippen LogP contribution >= 0.6 is 22.7 Å². The summed E-state index contributed by atoms with van der Waals surface area (Å²) in [7, 11) is 0. The zero-order chi connectivity index (χ0) is 21.5. The molecule has 31 heavy (non-hydrogen) atoms. The Bertz CT molecular complexity index is 1140. The predicted octanol–water partition coefficient (Wildman–Crippen LogP) is 4.65. The van der Waals surface area contributed by atoms with Crippen molar-refractivity contribution < 1.29 is 14.3 Å². The lowest BCUT2D eigenvalue weighted by molar-refractivity contribution is 0.0739. The van der Waals surface area contributed by atoms with Crippen LogP contribution in [0.15, 0.2) is 41.8 Å². The van der Waals surface area contributed by atoms with E-state index in [9.17, 15) is 9.59 Å². The van der Waals surface area contributed by atoms with E-state index in [1.54, 1.807) is 29.5 Å². The maximum atomic E-state index is 13.0. The van der Waals surface area contributed by atoms with E-state index in [0.717, 1.165) is 35.6 Å². The third-order valence-corrected chi connectivity index (χ3v) is 7.72. The van der Waals surface area contributed by atoms with Crippen molar-refractivity contribution in [2.75, 3.05) is 11.9 Å². The van der Waals surface area contributed by atoms with E-state index in [1.165, 1.54) is 21.8 Å². The Hall–Kier alpha value is -2.68. The number of anilines is 1. The maximum absolute atomic E-state index is 13.0. The number of hydrogen-bond donors (Lipinski definition) is 2. The molecule has 1 atom stereocenters. The van der Waals surface area contributed by atoms with Gasteiger partial charge < -0.3 is 15.4 Å². The Kier molecular flexibility index (Phi) is 5.29. The molecule has 4 heterocycles. The van der Waals surface area contributed by atoms with Crippen molar-refractivity contribution in [3.63, 3.8) is 0 Å². The molecule has 5 rings (SSSR count). The number of nitrogens with one attached hydrogen (secondary N) is 2. The Morgan fingerprint density at radius 1 is 1.23 bits per heavy atom. The van der Waals surface area contributed by atoms with E-state index in [4.69, 9.17) is 4.74 Å². The molecule has 0 fully saturated rings. The van der Waals surface area contributed by atoms with Crippen molar-refractivity contribution in [3.05, 3.63) is 68.2 Å². The fourth-order valence-corrected chi connectivity index (χ4v) is 5.95. The van der Waals surface area contributed by atoms with Crippen molar-refractivity contribution in [1.29, 1.82) is 0 Å². The molecule has 6 nitrogen and oxygen atoms in total. The van der Waals surface area contributed by atoms with E-state index < -0.39 is 0 Å². The van der Waals surface area contributed by atoms with Crippen LogP contribution in [0.4, 0.5) is 5.00 Å². The summed E-state index contributed by atoms with van der Waals surface area (Å²) in [5, 5.41) is 9.32. The lowest BCUT2D eigenvalue weighted by Crippen LogP contribution is -2.39. The van der Waals surface area contributed by atoms with Gasteiger partial charge in [0.1, 0.15) is 21.8 Å². The smallest absolute Gasteiger partial charge is 0.353 e. The molecule has 1 amide bonds. The molecule has 160 valence electrons. The molecular formula is C23H23N3O3S2. The Morgan fingerprint density at radius 2 is 2.10 bits per heavy atom. The highest BCUT2D eigenvalue weighted by molar-refractivity contribution is 7.16. The van der Waals surface area contributed by atoms with Crippen LogP contribution in [-0.4, -0.2) is 29.4 Å². The average Bonchev–Trinajstić information content (AvgIpc) is 3.41. The van der Waals surface area contributed by atoms with Gasteiger partial charge in [-0.1, -0.05) is 18.2 Å². The molecular weight excluding hydrogens is 430 g/mol. The van der Waals surface area contributed by atoms with Crippen LogP contribution in [0.1, 0.15) is 56.0 Å². The highest BCUT2D eigenvalue weighted by atomic mass is 32.1. The number of hydrogen-bond acceptors (Lipinski definition) is 7.